The number of hydrogen-bond donors (Lipinski definition) is 1. The van der Waals surface area contributed by atoms with Gasteiger partial charge in [-0.15, -0.1) is 0 Å². The molecule has 1 atom stereocenters. The highest BCUT2D eigenvalue weighted by Crippen LogP contribution is 2.27. The summed E-state index contributed by atoms with van der Waals surface area (Å²) >= 11 is 0. The Morgan fingerprint density at radius 3 is 2.62 bits per heavy atom. The fraction of sp³-hybridized carbons (Fsp3) is 1.00. The Labute approximate surface area is 82.7 Å². The molecule has 0 aromatic heterocycles. The van der Waals surface area contributed by atoms with Gasteiger partial charge >= 0.3 is 0 Å². The summed E-state index contributed by atoms with van der Waals surface area (Å²) in [7, 11) is 2.22. The van der Waals surface area contributed by atoms with Crippen LogP contribution in [-0.2, 0) is 0 Å². The quantitative estimate of drug-likeness (QED) is 0.715. The predicted octanol–water partition coefficient (Wildman–Crippen LogP) is 1.72. The molecule has 0 aromatic carbocycles. The highest BCUT2D eigenvalue weighted by Gasteiger charge is 2.30. The number of hydrogen-bond acceptors (Lipinski definition) is 2. The van der Waals surface area contributed by atoms with Gasteiger partial charge in [0.1, 0.15) is 0 Å². The minimum atomic E-state index is 0.512. The van der Waals surface area contributed by atoms with E-state index in [-0.39, 0.29) is 0 Å². The van der Waals surface area contributed by atoms with Gasteiger partial charge in [0, 0.05) is 19.1 Å². The second-order valence-corrected chi connectivity index (χ2v) is 5.21. The van der Waals surface area contributed by atoms with Crippen molar-refractivity contribution in [2.75, 3.05) is 26.7 Å². The maximum absolute atomic E-state index is 3.59. The van der Waals surface area contributed by atoms with Crippen LogP contribution in [0.2, 0.25) is 0 Å². The molecule has 1 N–H and O–H groups in total. The first-order valence-corrected chi connectivity index (χ1v) is 5.45. The van der Waals surface area contributed by atoms with Gasteiger partial charge in [0.25, 0.3) is 0 Å². The topological polar surface area (TPSA) is 15.3 Å². The molecule has 2 nitrogen and oxygen atoms in total. The van der Waals surface area contributed by atoms with Crippen molar-refractivity contribution in [3.05, 3.63) is 0 Å². The third-order valence-electron chi connectivity index (χ3n) is 2.81. The van der Waals surface area contributed by atoms with Gasteiger partial charge in [-0.3, -0.25) is 0 Å². The minimum Gasteiger partial charge on any atom is -0.312 e. The second-order valence-electron chi connectivity index (χ2n) is 5.21. The summed E-state index contributed by atoms with van der Waals surface area (Å²) in [5.41, 5.74) is 0.512. The third kappa shape index (κ3) is 3.65. The van der Waals surface area contributed by atoms with E-state index in [0.717, 1.165) is 0 Å². The van der Waals surface area contributed by atoms with Crippen LogP contribution >= 0.6 is 0 Å². The zero-order valence-electron chi connectivity index (χ0n) is 9.56. The van der Waals surface area contributed by atoms with E-state index in [0.29, 0.717) is 11.5 Å². The average Bonchev–Trinajstić information content (AvgIpc) is 2.30. The first-order chi connectivity index (χ1) is 6.03. The van der Waals surface area contributed by atoms with Crippen LogP contribution in [0.5, 0.6) is 0 Å². The van der Waals surface area contributed by atoms with Gasteiger partial charge in [0.15, 0.2) is 0 Å². The molecule has 1 saturated heterocycles. The Bertz CT molecular complexity index is 154. The first-order valence-electron chi connectivity index (χ1n) is 5.45. The van der Waals surface area contributed by atoms with Crippen molar-refractivity contribution in [2.45, 2.75) is 39.7 Å². The maximum atomic E-state index is 3.59. The van der Waals surface area contributed by atoms with E-state index >= 15 is 0 Å². The van der Waals surface area contributed by atoms with Gasteiger partial charge in [-0.1, -0.05) is 20.8 Å². The van der Waals surface area contributed by atoms with Gasteiger partial charge < -0.3 is 10.2 Å². The molecule has 0 bridgehead atoms. The van der Waals surface area contributed by atoms with Gasteiger partial charge in [0.2, 0.25) is 0 Å². The smallest absolute Gasteiger partial charge is 0.0200 e. The molecule has 2 heteroatoms. The molecule has 0 amide bonds. The highest BCUT2D eigenvalue weighted by molar-refractivity contribution is 4.88. The number of likely N-dealkylation sites (N-methyl/N-ethyl adjacent to an activating group) is 1. The van der Waals surface area contributed by atoms with E-state index in [2.05, 4.69) is 38.0 Å². The zero-order valence-corrected chi connectivity index (χ0v) is 9.56. The maximum Gasteiger partial charge on any atom is 0.0200 e. The molecule has 1 aliphatic rings. The van der Waals surface area contributed by atoms with Crippen molar-refractivity contribution in [2.24, 2.45) is 5.41 Å². The van der Waals surface area contributed by atoms with Crippen molar-refractivity contribution < 1.29 is 0 Å². The van der Waals surface area contributed by atoms with Crippen LogP contribution in [0.15, 0.2) is 0 Å². The molecule has 0 aliphatic carbocycles. The lowest BCUT2D eigenvalue weighted by Gasteiger charge is -2.21. The molecule has 78 valence electrons. The number of nitrogens with zero attached hydrogens (tertiary/aromatic N) is 1. The van der Waals surface area contributed by atoms with Crippen LogP contribution in [-0.4, -0.2) is 37.6 Å². The summed E-state index contributed by atoms with van der Waals surface area (Å²) in [5.74, 6) is 0. The monoisotopic (exact) mass is 184 g/mol. The standard InChI is InChI=1S/C11H24N2/c1-5-6-13(4)8-10-7-11(2,3)9-12-10/h10,12H,5-9H2,1-4H3. The van der Waals surface area contributed by atoms with Gasteiger partial charge in [0.05, 0.1) is 0 Å². The molecule has 0 aromatic rings. The Kier molecular flexibility index (Phi) is 3.74. The SMILES string of the molecule is CCCN(C)CC1CC(C)(C)CN1. The second kappa shape index (κ2) is 4.43. The summed E-state index contributed by atoms with van der Waals surface area (Å²) < 4.78 is 0. The lowest BCUT2D eigenvalue weighted by Crippen LogP contribution is -2.35. The van der Waals surface area contributed by atoms with Crippen molar-refractivity contribution in [3.8, 4) is 0 Å². The lowest BCUT2D eigenvalue weighted by atomic mass is 9.90. The molecule has 1 unspecified atom stereocenters. The number of rotatable bonds is 4. The van der Waals surface area contributed by atoms with Crippen molar-refractivity contribution in [1.29, 1.82) is 0 Å². The summed E-state index contributed by atoms with van der Waals surface area (Å²) in [6.45, 7) is 10.5. The minimum absolute atomic E-state index is 0.512. The zero-order chi connectivity index (χ0) is 9.90. The molecule has 1 heterocycles. The normalized spacial score (nSPS) is 27.0. The van der Waals surface area contributed by atoms with Crippen LogP contribution in [0.3, 0.4) is 0 Å². The fourth-order valence-corrected chi connectivity index (χ4v) is 2.21. The van der Waals surface area contributed by atoms with Crippen molar-refractivity contribution >= 4 is 0 Å². The van der Waals surface area contributed by atoms with E-state index in [1.54, 1.807) is 0 Å². The van der Waals surface area contributed by atoms with Crippen LogP contribution in [0.4, 0.5) is 0 Å². The lowest BCUT2D eigenvalue weighted by molar-refractivity contribution is 0.291. The third-order valence-corrected chi connectivity index (χ3v) is 2.81. The van der Waals surface area contributed by atoms with Crippen LogP contribution < -0.4 is 5.32 Å². The van der Waals surface area contributed by atoms with Crippen LogP contribution in [0, 0.1) is 5.41 Å². The molecule has 0 radical (unpaired) electrons. The Balaban J connectivity index is 2.24. The van der Waals surface area contributed by atoms with Crippen LogP contribution in [0.25, 0.3) is 0 Å². The fourth-order valence-electron chi connectivity index (χ4n) is 2.21. The van der Waals surface area contributed by atoms with E-state index in [1.807, 2.05) is 0 Å². The average molecular weight is 184 g/mol. The number of nitrogens with one attached hydrogen (secondary N) is 1. The molecule has 1 fully saturated rings. The predicted molar refractivity (Wildman–Crippen MR) is 58.0 cm³/mol. The molecule has 1 rings (SSSR count). The van der Waals surface area contributed by atoms with E-state index in [4.69, 9.17) is 0 Å². The first kappa shape index (κ1) is 11.0. The molecule has 0 spiro atoms. The van der Waals surface area contributed by atoms with E-state index in [1.165, 1.54) is 32.5 Å². The summed E-state index contributed by atoms with van der Waals surface area (Å²) in [6.07, 6.45) is 2.58. The van der Waals surface area contributed by atoms with Gasteiger partial charge in [-0.05, 0) is 31.8 Å². The Morgan fingerprint density at radius 2 is 2.15 bits per heavy atom. The largest absolute Gasteiger partial charge is 0.312 e. The molecule has 1 aliphatic heterocycles. The van der Waals surface area contributed by atoms with Gasteiger partial charge in [-0.2, -0.15) is 0 Å². The van der Waals surface area contributed by atoms with Gasteiger partial charge in [-0.25, -0.2) is 0 Å². The molecular weight excluding hydrogens is 160 g/mol. The molecule has 13 heavy (non-hydrogen) atoms. The van der Waals surface area contributed by atoms with Crippen LogP contribution in [0.1, 0.15) is 33.6 Å². The Hall–Kier alpha value is -0.0800. The van der Waals surface area contributed by atoms with E-state index < -0.39 is 0 Å². The van der Waals surface area contributed by atoms with Crippen molar-refractivity contribution in [1.82, 2.24) is 10.2 Å². The van der Waals surface area contributed by atoms with E-state index in [9.17, 15) is 0 Å². The summed E-state index contributed by atoms with van der Waals surface area (Å²) in [5, 5.41) is 3.59. The summed E-state index contributed by atoms with van der Waals surface area (Å²) in [6, 6.07) is 0.714. The molecule has 0 saturated carbocycles. The highest BCUT2D eigenvalue weighted by atomic mass is 15.1. The van der Waals surface area contributed by atoms with Crippen molar-refractivity contribution in [3.63, 3.8) is 0 Å². The Morgan fingerprint density at radius 1 is 1.46 bits per heavy atom. The summed E-state index contributed by atoms with van der Waals surface area (Å²) in [4.78, 5) is 2.43. The molecular formula is C11H24N2.